The Morgan fingerprint density at radius 2 is 1.85 bits per heavy atom. The van der Waals surface area contributed by atoms with E-state index in [4.69, 9.17) is 23.2 Å². The minimum absolute atomic E-state index is 0.0917. The molecule has 26 heavy (non-hydrogen) atoms. The van der Waals surface area contributed by atoms with Gasteiger partial charge >= 0.3 is 0 Å². The van der Waals surface area contributed by atoms with Crippen LogP contribution in [-0.2, 0) is 17.8 Å². The minimum atomic E-state index is -0.0917. The lowest BCUT2D eigenvalue weighted by Crippen LogP contribution is -2.43. The van der Waals surface area contributed by atoms with Crippen molar-refractivity contribution >= 4 is 34.8 Å². The largest absolute Gasteiger partial charge is 0.326 e. The van der Waals surface area contributed by atoms with Crippen LogP contribution in [-0.4, -0.2) is 48.9 Å². The van der Waals surface area contributed by atoms with Crippen LogP contribution in [0.15, 0.2) is 42.5 Å². The smallest absolute Gasteiger partial charge is 0.228 e. The Bertz CT molecular complexity index is 773. The minimum Gasteiger partial charge on any atom is -0.326 e. The van der Waals surface area contributed by atoms with E-state index < -0.39 is 0 Å². The highest BCUT2D eigenvalue weighted by Gasteiger charge is 2.14. The first-order chi connectivity index (χ1) is 12.5. The van der Waals surface area contributed by atoms with Crippen molar-refractivity contribution in [2.45, 2.75) is 13.0 Å². The van der Waals surface area contributed by atoms with E-state index in [2.05, 4.69) is 28.2 Å². The summed E-state index contributed by atoms with van der Waals surface area (Å²) in [5, 5.41) is 4.04. The van der Waals surface area contributed by atoms with Crippen LogP contribution >= 0.6 is 23.2 Å². The third kappa shape index (κ3) is 5.45. The summed E-state index contributed by atoms with van der Waals surface area (Å²) < 4.78 is 0. The summed E-state index contributed by atoms with van der Waals surface area (Å²) in [6.07, 6.45) is 0.221. The zero-order valence-electron chi connectivity index (χ0n) is 14.8. The van der Waals surface area contributed by atoms with Crippen LogP contribution in [0.25, 0.3) is 0 Å². The van der Waals surface area contributed by atoms with Gasteiger partial charge in [-0.1, -0.05) is 41.4 Å². The van der Waals surface area contributed by atoms with E-state index >= 15 is 0 Å². The Balaban J connectivity index is 1.58. The van der Waals surface area contributed by atoms with Gasteiger partial charge in [0.15, 0.2) is 0 Å². The van der Waals surface area contributed by atoms with Crippen molar-refractivity contribution in [3.63, 3.8) is 0 Å². The number of anilines is 1. The van der Waals surface area contributed by atoms with Crippen molar-refractivity contribution in [3.05, 3.63) is 63.6 Å². The molecule has 0 spiro atoms. The van der Waals surface area contributed by atoms with Crippen LogP contribution in [0.3, 0.4) is 0 Å². The predicted octanol–water partition coefficient (Wildman–Crippen LogP) is 3.92. The van der Waals surface area contributed by atoms with Gasteiger partial charge in [-0.3, -0.25) is 9.69 Å². The Labute approximate surface area is 164 Å². The zero-order chi connectivity index (χ0) is 18.5. The van der Waals surface area contributed by atoms with Crippen molar-refractivity contribution < 1.29 is 4.79 Å². The van der Waals surface area contributed by atoms with Gasteiger partial charge in [-0.05, 0) is 42.4 Å². The summed E-state index contributed by atoms with van der Waals surface area (Å²) in [5.41, 5.74) is 2.78. The second-order valence-corrected chi connectivity index (χ2v) is 7.58. The van der Waals surface area contributed by atoms with Crippen LogP contribution in [0.5, 0.6) is 0 Å². The summed E-state index contributed by atoms with van der Waals surface area (Å²) in [6, 6.07) is 13.2. The molecular formula is C20H23Cl2N3O. The summed E-state index contributed by atoms with van der Waals surface area (Å²) in [6.45, 7) is 5.24. The molecule has 0 saturated carbocycles. The predicted molar refractivity (Wildman–Crippen MR) is 108 cm³/mol. The average Bonchev–Trinajstić information content (AvgIpc) is 2.60. The fraction of sp³-hybridized carbons (Fsp3) is 0.350. The first-order valence-electron chi connectivity index (χ1n) is 8.73. The highest BCUT2D eigenvalue weighted by atomic mass is 35.5. The Morgan fingerprint density at radius 1 is 1.08 bits per heavy atom. The molecule has 2 aromatic carbocycles. The number of halogens is 2. The SMILES string of the molecule is CN1CCN(Cc2cccc(NC(=O)Cc3ccc(Cl)cc3Cl)c2)CC1. The Hall–Kier alpha value is -1.59. The van der Waals surface area contributed by atoms with Crippen molar-refractivity contribution in [1.29, 1.82) is 0 Å². The second-order valence-electron chi connectivity index (χ2n) is 6.74. The van der Waals surface area contributed by atoms with Gasteiger partial charge in [0.05, 0.1) is 6.42 Å². The molecule has 0 bridgehead atoms. The van der Waals surface area contributed by atoms with E-state index in [1.165, 1.54) is 5.56 Å². The van der Waals surface area contributed by atoms with Gasteiger partial charge in [0, 0.05) is 48.5 Å². The van der Waals surface area contributed by atoms with E-state index in [1.54, 1.807) is 18.2 Å². The number of rotatable bonds is 5. The summed E-state index contributed by atoms with van der Waals surface area (Å²) in [7, 11) is 2.15. The van der Waals surface area contributed by atoms with Crippen LogP contribution in [0.1, 0.15) is 11.1 Å². The second kappa shape index (κ2) is 8.87. The molecule has 0 atom stereocenters. The molecule has 1 heterocycles. The number of carbonyl (C=O) groups excluding carboxylic acids is 1. The first-order valence-corrected chi connectivity index (χ1v) is 9.49. The monoisotopic (exact) mass is 391 g/mol. The quantitative estimate of drug-likeness (QED) is 0.838. The van der Waals surface area contributed by atoms with Crippen LogP contribution in [0.4, 0.5) is 5.69 Å². The molecule has 1 aliphatic rings. The van der Waals surface area contributed by atoms with Gasteiger partial charge in [0.2, 0.25) is 5.91 Å². The van der Waals surface area contributed by atoms with Crippen LogP contribution in [0.2, 0.25) is 10.0 Å². The van der Waals surface area contributed by atoms with Crippen LogP contribution in [0, 0.1) is 0 Å². The fourth-order valence-electron chi connectivity index (χ4n) is 3.05. The molecule has 1 saturated heterocycles. The molecule has 3 rings (SSSR count). The molecule has 0 unspecified atom stereocenters. The van der Waals surface area contributed by atoms with E-state index in [0.717, 1.165) is 44.0 Å². The number of likely N-dealkylation sites (N-methyl/N-ethyl adjacent to an activating group) is 1. The Morgan fingerprint density at radius 3 is 2.58 bits per heavy atom. The lowest BCUT2D eigenvalue weighted by Gasteiger charge is -2.32. The van der Waals surface area contributed by atoms with Crippen molar-refractivity contribution in [2.24, 2.45) is 0 Å². The summed E-state index contributed by atoms with van der Waals surface area (Å²) in [5.74, 6) is -0.0917. The highest BCUT2D eigenvalue weighted by molar-refractivity contribution is 6.35. The third-order valence-electron chi connectivity index (χ3n) is 4.58. The lowest BCUT2D eigenvalue weighted by molar-refractivity contribution is -0.115. The molecule has 1 aliphatic heterocycles. The van der Waals surface area contributed by atoms with E-state index in [9.17, 15) is 4.79 Å². The maximum Gasteiger partial charge on any atom is 0.228 e. The van der Waals surface area contributed by atoms with E-state index in [-0.39, 0.29) is 12.3 Å². The number of nitrogens with one attached hydrogen (secondary N) is 1. The highest BCUT2D eigenvalue weighted by Crippen LogP contribution is 2.22. The van der Waals surface area contributed by atoms with Gasteiger partial charge in [0.1, 0.15) is 0 Å². The molecule has 2 aromatic rings. The summed E-state index contributed by atoms with van der Waals surface area (Å²) in [4.78, 5) is 17.1. The number of benzene rings is 2. The number of hydrogen-bond acceptors (Lipinski definition) is 3. The van der Waals surface area contributed by atoms with Gasteiger partial charge < -0.3 is 10.2 Å². The topological polar surface area (TPSA) is 35.6 Å². The number of carbonyl (C=O) groups is 1. The number of hydrogen-bond donors (Lipinski definition) is 1. The molecule has 0 radical (unpaired) electrons. The maximum atomic E-state index is 12.3. The van der Waals surface area contributed by atoms with Crippen LogP contribution < -0.4 is 5.32 Å². The number of amides is 1. The molecule has 0 aliphatic carbocycles. The molecule has 1 fully saturated rings. The fourth-order valence-corrected chi connectivity index (χ4v) is 3.53. The molecule has 4 nitrogen and oxygen atoms in total. The van der Waals surface area contributed by atoms with Crippen molar-refractivity contribution in [2.75, 3.05) is 38.5 Å². The van der Waals surface area contributed by atoms with Gasteiger partial charge in [-0.25, -0.2) is 0 Å². The zero-order valence-corrected chi connectivity index (χ0v) is 16.4. The normalized spacial score (nSPS) is 15.8. The number of piperazine rings is 1. The van der Waals surface area contributed by atoms with Crippen molar-refractivity contribution in [3.8, 4) is 0 Å². The van der Waals surface area contributed by atoms with Gasteiger partial charge in [-0.2, -0.15) is 0 Å². The van der Waals surface area contributed by atoms with E-state index in [1.807, 2.05) is 18.2 Å². The van der Waals surface area contributed by atoms with Gasteiger partial charge in [0.25, 0.3) is 0 Å². The summed E-state index contributed by atoms with van der Waals surface area (Å²) >= 11 is 12.0. The molecule has 1 amide bonds. The van der Waals surface area contributed by atoms with Gasteiger partial charge in [-0.15, -0.1) is 0 Å². The maximum absolute atomic E-state index is 12.3. The Kier molecular flexibility index (Phi) is 6.54. The lowest BCUT2D eigenvalue weighted by atomic mass is 10.1. The van der Waals surface area contributed by atoms with Crippen molar-refractivity contribution in [1.82, 2.24) is 9.80 Å². The standard InChI is InChI=1S/C20H23Cl2N3O/c1-24-7-9-25(10-8-24)14-15-3-2-4-18(11-15)23-20(26)12-16-5-6-17(21)13-19(16)22/h2-6,11,13H,7-10,12,14H2,1H3,(H,23,26). The average molecular weight is 392 g/mol. The molecule has 1 N–H and O–H groups in total. The third-order valence-corrected chi connectivity index (χ3v) is 5.17. The van der Waals surface area contributed by atoms with E-state index in [0.29, 0.717) is 10.0 Å². The number of nitrogens with zero attached hydrogens (tertiary/aromatic N) is 2. The molecule has 0 aromatic heterocycles. The molecular weight excluding hydrogens is 369 g/mol. The molecule has 138 valence electrons. The first kappa shape index (κ1) is 19.2. The molecule has 6 heteroatoms.